The van der Waals surface area contributed by atoms with Crippen LogP contribution in [0.2, 0.25) is 0 Å². The number of carbonyl (C=O) groups excluding carboxylic acids is 2. The summed E-state index contributed by atoms with van der Waals surface area (Å²) in [5.74, 6) is 0.322. The molecule has 0 radical (unpaired) electrons. The number of amides is 1. The zero-order chi connectivity index (χ0) is 17.4. The van der Waals surface area contributed by atoms with Crippen LogP contribution in [0.25, 0.3) is 0 Å². The Labute approximate surface area is 142 Å². The molecule has 0 bridgehead atoms. The van der Waals surface area contributed by atoms with Gasteiger partial charge in [0.25, 0.3) is 5.91 Å². The minimum atomic E-state index is -0.237. The van der Waals surface area contributed by atoms with Crippen molar-refractivity contribution >= 4 is 11.7 Å². The molecule has 0 aliphatic heterocycles. The lowest BCUT2D eigenvalue weighted by atomic mass is 10.1. The van der Waals surface area contributed by atoms with Gasteiger partial charge in [-0.15, -0.1) is 0 Å². The number of methoxy groups -OCH3 is 1. The van der Waals surface area contributed by atoms with Crippen molar-refractivity contribution in [2.75, 3.05) is 13.7 Å². The fourth-order valence-corrected chi connectivity index (χ4v) is 2.35. The maximum atomic E-state index is 12.1. The monoisotopic (exact) mass is 325 g/mol. The van der Waals surface area contributed by atoms with Crippen molar-refractivity contribution in [3.63, 3.8) is 0 Å². The molecule has 2 aromatic rings. The Kier molecular flexibility index (Phi) is 6.55. The van der Waals surface area contributed by atoms with Crippen molar-refractivity contribution < 1.29 is 14.3 Å². The average molecular weight is 325 g/mol. The zero-order valence-electron chi connectivity index (χ0n) is 14.2. The molecule has 2 rings (SSSR count). The molecule has 4 heteroatoms. The van der Waals surface area contributed by atoms with Gasteiger partial charge in [-0.05, 0) is 54.8 Å². The fraction of sp³-hybridized carbons (Fsp3) is 0.300. The smallest absolute Gasteiger partial charge is 0.251 e. The van der Waals surface area contributed by atoms with E-state index < -0.39 is 0 Å². The van der Waals surface area contributed by atoms with Crippen LogP contribution in [0.15, 0.2) is 48.5 Å². The van der Waals surface area contributed by atoms with Crippen molar-refractivity contribution in [1.29, 1.82) is 0 Å². The number of hydrogen-bond acceptors (Lipinski definition) is 3. The number of Topliss-reactive ketones (excluding diaryl/α,β-unsaturated/α-hetero) is 1. The summed E-state index contributed by atoms with van der Waals surface area (Å²) >= 11 is 0. The maximum Gasteiger partial charge on any atom is 0.251 e. The summed E-state index contributed by atoms with van der Waals surface area (Å²) < 4.78 is 5.06. The predicted octanol–water partition coefficient (Wildman–Crippen LogP) is 3.65. The number of unbranched alkanes of at least 4 members (excludes halogenated alkanes) is 1. The van der Waals surface area contributed by atoms with Crippen LogP contribution in [0.1, 0.15) is 46.0 Å². The van der Waals surface area contributed by atoms with Crippen molar-refractivity contribution in [3.8, 4) is 5.75 Å². The van der Waals surface area contributed by atoms with E-state index in [2.05, 4.69) is 12.2 Å². The van der Waals surface area contributed by atoms with Gasteiger partial charge in [0, 0.05) is 11.1 Å². The number of carbonyl (C=O) groups is 2. The molecular formula is C20H23NO3. The topological polar surface area (TPSA) is 55.4 Å². The second-order valence-corrected chi connectivity index (χ2v) is 5.63. The van der Waals surface area contributed by atoms with E-state index in [0.717, 1.165) is 19.3 Å². The molecule has 0 aliphatic rings. The summed E-state index contributed by atoms with van der Waals surface area (Å²) in [5.41, 5.74) is 2.34. The van der Waals surface area contributed by atoms with Gasteiger partial charge in [-0.1, -0.05) is 25.5 Å². The molecule has 1 N–H and O–H groups in total. The second-order valence-electron chi connectivity index (χ2n) is 5.63. The number of nitrogens with one attached hydrogen (secondary N) is 1. The summed E-state index contributed by atoms with van der Waals surface area (Å²) in [4.78, 5) is 24.2. The molecule has 0 spiro atoms. The van der Waals surface area contributed by atoms with Gasteiger partial charge in [-0.3, -0.25) is 9.59 Å². The molecule has 0 atom stereocenters. The second kappa shape index (κ2) is 8.87. The van der Waals surface area contributed by atoms with Crippen LogP contribution in [0, 0.1) is 0 Å². The van der Waals surface area contributed by atoms with Gasteiger partial charge < -0.3 is 10.1 Å². The summed E-state index contributed by atoms with van der Waals surface area (Å²) in [5, 5.41) is 2.67. The van der Waals surface area contributed by atoms with Crippen LogP contribution in [-0.2, 0) is 6.42 Å². The highest BCUT2D eigenvalue weighted by Gasteiger charge is 2.10. The van der Waals surface area contributed by atoms with Gasteiger partial charge in [-0.2, -0.15) is 0 Å². The summed E-state index contributed by atoms with van der Waals surface area (Å²) in [7, 11) is 1.57. The van der Waals surface area contributed by atoms with E-state index in [1.54, 1.807) is 43.5 Å². The molecule has 0 saturated heterocycles. The zero-order valence-corrected chi connectivity index (χ0v) is 14.2. The maximum absolute atomic E-state index is 12.1. The Bertz CT molecular complexity index is 675. The van der Waals surface area contributed by atoms with E-state index in [4.69, 9.17) is 4.74 Å². The molecule has 0 heterocycles. The highest BCUT2D eigenvalue weighted by Crippen LogP contribution is 2.12. The van der Waals surface area contributed by atoms with E-state index in [-0.39, 0.29) is 18.2 Å². The van der Waals surface area contributed by atoms with Gasteiger partial charge >= 0.3 is 0 Å². The number of hydrogen-bond donors (Lipinski definition) is 1. The molecule has 0 aromatic heterocycles. The average Bonchev–Trinajstić information content (AvgIpc) is 2.64. The first-order valence-corrected chi connectivity index (χ1v) is 8.18. The van der Waals surface area contributed by atoms with Gasteiger partial charge in [0.2, 0.25) is 0 Å². The third kappa shape index (κ3) is 4.95. The Balaban J connectivity index is 1.88. The van der Waals surface area contributed by atoms with Gasteiger partial charge in [0.05, 0.1) is 13.7 Å². The number of ketones is 1. The molecular weight excluding hydrogens is 302 g/mol. The predicted molar refractivity (Wildman–Crippen MR) is 94.7 cm³/mol. The van der Waals surface area contributed by atoms with Crippen molar-refractivity contribution in [3.05, 3.63) is 65.2 Å². The Morgan fingerprint density at radius 2 is 1.58 bits per heavy atom. The lowest BCUT2D eigenvalue weighted by Gasteiger charge is -2.07. The largest absolute Gasteiger partial charge is 0.497 e. The number of aryl methyl sites for hydroxylation is 1. The van der Waals surface area contributed by atoms with Crippen LogP contribution in [-0.4, -0.2) is 25.3 Å². The van der Waals surface area contributed by atoms with Gasteiger partial charge in [0.1, 0.15) is 5.75 Å². The lowest BCUT2D eigenvalue weighted by molar-refractivity contribution is 0.0904. The molecule has 1 amide bonds. The molecule has 126 valence electrons. The third-order valence-corrected chi connectivity index (χ3v) is 3.86. The summed E-state index contributed by atoms with van der Waals surface area (Å²) in [6, 6.07) is 14.4. The highest BCUT2D eigenvalue weighted by molar-refractivity contribution is 6.02. The van der Waals surface area contributed by atoms with Crippen LogP contribution >= 0.6 is 0 Å². The van der Waals surface area contributed by atoms with Crippen LogP contribution in [0.5, 0.6) is 5.75 Å². The molecule has 24 heavy (non-hydrogen) atoms. The van der Waals surface area contributed by atoms with E-state index in [0.29, 0.717) is 16.9 Å². The molecule has 0 saturated carbocycles. The Morgan fingerprint density at radius 3 is 2.17 bits per heavy atom. The van der Waals surface area contributed by atoms with Crippen molar-refractivity contribution in [1.82, 2.24) is 5.32 Å². The van der Waals surface area contributed by atoms with E-state index in [1.807, 2.05) is 12.1 Å². The van der Waals surface area contributed by atoms with Gasteiger partial charge in [-0.25, -0.2) is 0 Å². The first kappa shape index (κ1) is 17.7. The molecule has 0 unspecified atom stereocenters. The van der Waals surface area contributed by atoms with Crippen molar-refractivity contribution in [2.45, 2.75) is 26.2 Å². The summed E-state index contributed by atoms with van der Waals surface area (Å²) in [6.45, 7) is 2.13. The molecule has 2 aromatic carbocycles. The third-order valence-electron chi connectivity index (χ3n) is 3.86. The van der Waals surface area contributed by atoms with E-state index in [1.165, 1.54) is 5.56 Å². The first-order valence-electron chi connectivity index (χ1n) is 8.18. The Morgan fingerprint density at radius 1 is 0.958 bits per heavy atom. The van der Waals surface area contributed by atoms with Crippen LogP contribution < -0.4 is 10.1 Å². The first-order chi connectivity index (χ1) is 11.6. The van der Waals surface area contributed by atoms with E-state index >= 15 is 0 Å². The van der Waals surface area contributed by atoms with E-state index in [9.17, 15) is 9.59 Å². The Hall–Kier alpha value is -2.62. The summed E-state index contributed by atoms with van der Waals surface area (Å²) in [6.07, 6.45) is 3.31. The molecule has 4 nitrogen and oxygen atoms in total. The lowest BCUT2D eigenvalue weighted by Crippen LogP contribution is -2.29. The molecule has 0 fully saturated rings. The number of ether oxygens (including phenoxy) is 1. The standard InChI is InChI=1S/C20H23NO3/c1-3-4-5-15-6-8-17(9-7-15)20(23)21-14-19(22)16-10-12-18(24-2)13-11-16/h6-13H,3-5,14H2,1-2H3,(H,21,23). The highest BCUT2D eigenvalue weighted by atomic mass is 16.5. The minimum absolute atomic E-state index is 0.0251. The SMILES string of the molecule is CCCCc1ccc(C(=O)NCC(=O)c2ccc(OC)cc2)cc1. The van der Waals surface area contributed by atoms with Crippen LogP contribution in [0.4, 0.5) is 0 Å². The van der Waals surface area contributed by atoms with Gasteiger partial charge in [0.15, 0.2) is 5.78 Å². The fourth-order valence-electron chi connectivity index (χ4n) is 2.35. The van der Waals surface area contributed by atoms with Crippen LogP contribution in [0.3, 0.4) is 0 Å². The quantitative estimate of drug-likeness (QED) is 0.754. The number of rotatable bonds is 8. The number of benzene rings is 2. The van der Waals surface area contributed by atoms with Crippen molar-refractivity contribution in [2.24, 2.45) is 0 Å². The normalized spacial score (nSPS) is 10.2. The molecule has 0 aliphatic carbocycles. The minimum Gasteiger partial charge on any atom is -0.497 e.